The number of aliphatic hydroxyl groups excluding tert-OH is 1. The van der Waals surface area contributed by atoms with Gasteiger partial charge in [0.25, 0.3) is 0 Å². The molecule has 1 aromatic rings. The molecule has 1 rings (SSSR count). The molecule has 0 saturated carbocycles. The Balaban J connectivity index is 0.00000225. The van der Waals surface area contributed by atoms with Gasteiger partial charge in [-0.25, -0.2) is 0 Å². The summed E-state index contributed by atoms with van der Waals surface area (Å²) in [5.41, 5.74) is 0.723. The summed E-state index contributed by atoms with van der Waals surface area (Å²) in [4.78, 5) is 12.7. The largest absolute Gasteiger partial charge is 0.480 e. The lowest BCUT2D eigenvalue weighted by Gasteiger charge is -2.23. The van der Waals surface area contributed by atoms with E-state index in [-0.39, 0.29) is 19.0 Å². The van der Waals surface area contributed by atoms with E-state index in [1.165, 1.54) is 0 Å². The van der Waals surface area contributed by atoms with Gasteiger partial charge < -0.3 is 10.2 Å². The van der Waals surface area contributed by atoms with Crippen LogP contribution in [0.25, 0.3) is 0 Å². The van der Waals surface area contributed by atoms with Crippen molar-refractivity contribution >= 4 is 18.4 Å². The molecule has 0 amide bonds. The Morgan fingerprint density at radius 2 is 1.94 bits per heavy atom. The zero-order valence-electron chi connectivity index (χ0n) is 9.04. The van der Waals surface area contributed by atoms with Gasteiger partial charge >= 0.3 is 5.97 Å². The van der Waals surface area contributed by atoms with E-state index in [2.05, 4.69) is 0 Å². The number of likely N-dealkylation sites (N-methyl/N-ethyl adjacent to an activating group) is 1. The average Bonchev–Trinajstić information content (AvgIpc) is 2.19. The van der Waals surface area contributed by atoms with Gasteiger partial charge in [0.2, 0.25) is 0 Å². The topological polar surface area (TPSA) is 60.8 Å². The summed E-state index contributed by atoms with van der Waals surface area (Å²) < 4.78 is 0. The van der Waals surface area contributed by atoms with Gasteiger partial charge in [-0.15, -0.1) is 12.4 Å². The molecular formula is C11H16ClNO3. The lowest BCUT2D eigenvalue weighted by molar-refractivity contribution is -0.143. The fourth-order valence-corrected chi connectivity index (χ4v) is 1.51. The third kappa shape index (κ3) is 3.81. The number of halogens is 1. The Hall–Kier alpha value is -1.10. The molecule has 2 N–H and O–H groups in total. The van der Waals surface area contributed by atoms with Crippen molar-refractivity contribution in [3.8, 4) is 0 Å². The maximum atomic E-state index is 11.1. The van der Waals surface area contributed by atoms with E-state index in [1.807, 2.05) is 6.07 Å². The summed E-state index contributed by atoms with van der Waals surface area (Å²) in [7, 11) is 1.68. The third-order valence-corrected chi connectivity index (χ3v) is 2.24. The fourth-order valence-electron chi connectivity index (χ4n) is 1.51. The molecule has 1 atom stereocenters. The quantitative estimate of drug-likeness (QED) is 0.817. The van der Waals surface area contributed by atoms with Crippen LogP contribution in [0.2, 0.25) is 0 Å². The van der Waals surface area contributed by atoms with Crippen LogP contribution < -0.4 is 0 Å². The van der Waals surface area contributed by atoms with E-state index in [4.69, 9.17) is 10.2 Å². The highest BCUT2D eigenvalue weighted by Crippen LogP contribution is 2.18. The highest BCUT2D eigenvalue weighted by molar-refractivity contribution is 5.85. The predicted molar refractivity (Wildman–Crippen MR) is 63.8 cm³/mol. The van der Waals surface area contributed by atoms with E-state index in [1.54, 1.807) is 36.2 Å². The van der Waals surface area contributed by atoms with Crippen molar-refractivity contribution in [2.24, 2.45) is 0 Å². The van der Waals surface area contributed by atoms with Gasteiger partial charge in [-0.3, -0.25) is 9.69 Å². The zero-order chi connectivity index (χ0) is 11.3. The average molecular weight is 246 g/mol. The monoisotopic (exact) mass is 245 g/mol. The van der Waals surface area contributed by atoms with Crippen LogP contribution in [0.3, 0.4) is 0 Å². The highest BCUT2D eigenvalue weighted by atomic mass is 35.5. The summed E-state index contributed by atoms with van der Waals surface area (Å²) >= 11 is 0. The van der Waals surface area contributed by atoms with E-state index in [9.17, 15) is 4.79 Å². The number of rotatable bonds is 5. The summed E-state index contributed by atoms with van der Waals surface area (Å²) in [5, 5.41) is 17.9. The van der Waals surface area contributed by atoms with Crippen LogP contribution in [0.5, 0.6) is 0 Å². The second kappa shape index (κ2) is 7.22. The van der Waals surface area contributed by atoms with Crippen molar-refractivity contribution in [1.29, 1.82) is 0 Å². The van der Waals surface area contributed by atoms with E-state index < -0.39 is 12.0 Å². The first-order valence-electron chi connectivity index (χ1n) is 4.75. The molecule has 90 valence electrons. The molecule has 4 nitrogen and oxygen atoms in total. The number of carboxylic acids is 1. The number of aliphatic hydroxyl groups is 1. The molecule has 0 aliphatic heterocycles. The number of carboxylic acid groups (broad SMARTS) is 1. The second-order valence-electron chi connectivity index (χ2n) is 3.36. The molecule has 1 unspecified atom stereocenters. The Morgan fingerprint density at radius 3 is 2.38 bits per heavy atom. The van der Waals surface area contributed by atoms with Crippen LogP contribution in [-0.2, 0) is 4.79 Å². The van der Waals surface area contributed by atoms with E-state index >= 15 is 0 Å². The summed E-state index contributed by atoms with van der Waals surface area (Å²) in [6.07, 6.45) is 0. The minimum Gasteiger partial charge on any atom is -0.480 e. The van der Waals surface area contributed by atoms with Crippen molar-refractivity contribution in [2.75, 3.05) is 20.2 Å². The van der Waals surface area contributed by atoms with Crippen LogP contribution >= 0.6 is 12.4 Å². The first-order chi connectivity index (χ1) is 7.16. The van der Waals surface area contributed by atoms with Gasteiger partial charge in [-0.2, -0.15) is 0 Å². The SMILES string of the molecule is CN(CCO)C(C(=O)O)c1ccccc1.Cl. The Kier molecular flexibility index (Phi) is 6.72. The lowest BCUT2D eigenvalue weighted by Crippen LogP contribution is -2.32. The molecule has 0 heterocycles. The first-order valence-corrected chi connectivity index (χ1v) is 4.75. The molecule has 1 aromatic carbocycles. The number of carbonyl (C=O) groups is 1. The van der Waals surface area contributed by atoms with Crippen LogP contribution in [0.4, 0.5) is 0 Å². The van der Waals surface area contributed by atoms with Crippen molar-refractivity contribution in [2.45, 2.75) is 6.04 Å². The maximum Gasteiger partial charge on any atom is 0.325 e. The Bertz CT molecular complexity index is 318. The Morgan fingerprint density at radius 1 is 1.38 bits per heavy atom. The molecule has 0 bridgehead atoms. The first kappa shape index (κ1) is 14.9. The van der Waals surface area contributed by atoms with Crippen molar-refractivity contribution in [3.05, 3.63) is 35.9 Å². The third-order valence-electron chi connectivity index (χ3n) is 2.24. The molecule has 5 heteroatoms. The van der Waals surface area contributed by atoms with Gasteiger partial charge in [0.05, 0.1) is 6.61 Å². The zero-order valence-corrected chi connectivity index (χ0v) is 9.85. The molecular weight excluding hydrogens is 230 g/mol. The van der Waals surface area contributed by atoms with Gasteiger partial charge in [0.15, 0.2) is 0 Å². The number of aliphatic carboxylic acids is 1. The number of benzene rings is 1. The molecule has 0 spiro atoms. The fraction of sp³-hybridized carbons (Fsp3) is 0.364. The number of hydrogen-bond donors (Lipinski definition) is 2. The van der Waals surface area contributed by atoms with Crippen LogP contribution in [0.1, 0.15) is 11.6 Å². The standard InChI is InChI=1S/C11H15NO3.ClH/c1-12(7-8-13)10(11(14)15)9-5-3-2-4-6-9;/h2-6,10,13H,7-8H2,1H3,(H,14,15);1H. The molecule has 0 saturated heterocycles. The normalized spacial score (nSPS) is 11.9. The number of nitrogens with zero attached hydrogens (tertiary/aromatic N) is 1. The second-order valence-corrected chi connectivity index (χ2v) is 3.36. The molecule has 0 aliphatic rings. The Labute approximate surface area is 101 Å². The van der Waals surface area contributed by atoms with Gasteiger partial charge in [0, 0.05) is 6.54 Å². The minimum atomic E-state index is -0.905. The minimum absolute atomic E-state index is 0. The van der Waals surface area contributed by atoms with Gasteiger partial charge in [0.1, 0.15) is 6.04 Å². The molecule has 16 heavy (non-hydrogen) atoms. The van der Waals surface area contributed by atoms with Crippen molar-refractivity contribution < 1.29 is 15.0 Å². The van der Waals surface area contributed by atoms with Gasteiger partial charge in [-0.05, 0) is 12.6 Å². The molecule has 0 radical (unpaired) electrons. The van der Waals surface area contributed by atoms with Crippen LogP contribution in [0.15, 0.2) is 30.3 Å². The summed E-state index contributed by atoms with van der Waals surface area (Å²) in [6, 6.07) is 8.29. The summed E-state index contributed by atoms with van der Waals surface area (Å²) in [6.45, 7) is 0.291. The lowest BCUT2D eigenvalue weighted by atomic mass is 10.1. The highest BCUT2D eigenvalue weighted by Gasteiger charge is 2.23. The molecule has 0 aliphatic carbocycles. The van der Waals surface area contributed by atoms with Crippen molar-refractivity contribution in [1.82, 2.24) is 4.90 Å². The van der Waals surface area contributed by atoms with E-state index in [0.717, 1.165) is 5.56 Å². The van der Waals surface area contributed by atoms with Gasteiger partial charge in [-0.1, -0.05) is 30.3 Å². The molecule has 0 fully saturated rings. The smallest absolute Gasteiger partial charge is 0.325 e. The number of hydrogen-bond acceptors (Lipinski definition) is 3. The summed E-state index contributed by atoms with van der Waals surface area (Å²) in [5.74, 6) is -0.905. The van der Waals surface area contributed by atoms with E-state index in [0.29, 0.717) is 6.54 Å². The van der Waals surface area contributed by atoms with Crippen molar-refractivity contribution in [3.63, 3.8) is 0 Å². The maximum absolute atomic E-state index is 11.1. The van der Waals surface area contributed by atoms with Crippen LogP contribution in [-0.4, -0.2) is 41.3 Å². The predicted octanol–water partition coefficient (Wildman–Crippen LogP) is 1.16. The van der Waals surface area contributed by atoms with Crippen LogP contribution in [0, 0.1) is 0 Å². The molecule has 0 aromatic heterocycles.